The van der Waals surface area contributed by atoms with Crippen molar-refractivity contribution in [2.75, 3.05) is 26.2 Å². The van der Waals surface area contributed by atoms with Crippen LogP contribution in [0, 0.1) is 0 Å². The fourth-order valence-corrected chi connectivity index (χ4v) is 3.06. The number of rotatable bonds is 20. The van der Waals surface area contributed by atoms with E-state index in [1.54, 1.807) is 0 Å². The van der Waals surface area contributed by atoms with Crippen LogP contribution in [-0.2, 0) is 28.8 Å². The summed E-state index contributed by atoms with van der Waals surface area (Å²) in [5.41, 5.74) is 16.4. The first-order chi connectivity index (χ1) is 18.0. The normalized spacial score (nSPS) is 14.6. The molecule has 5 atom stereocenters. The molecule has 14 N–H and O–H groups in total. The van der Waals surface area contributed by atoms with E-state index in [2.05, 4.69) is 21.3 Å². The molecule has 38 heavy (non-hydrogen) atoms. The third-order valence-electron chi connectivity index (χ3n) is 5.07. The van der Waals surface area contributed by atoms with E-state index in [0.717, 1.165) is 0 Å². The van der Waals surface area contributed by atoms with Gasteiger partial charge in [0.05, 0.1) is 0 Å². The first kappa shape index (κ1) is 34.6. The molecule has 0 radical (unpaired) electrons. The molecule has 0 saturated heterocycles. The van der Waals surface area contributed by atoms with Crippen molar-refractivity contribution < 1.29 is 39.0 Å². The number of aliphatic hydroxyl groups is 2. The minimum Gasteiger partial charge on any atom is -0.365 e. The summed E-state index contributed by atoms with van der Waals surface area (Å²) in [5.74, 6) is -4.01. The van der Waals surface area contributed by atoms with E-state index in [1.807, 2.05) is 17.6 Å². The Morgan fingerprint density at radius 2 is 1.26 bits per heavy atom. The van der Waals surface area contributed by atoms with Gasteiger partial charge < -0.3 is 59.3 Å². The van der Waals surface area contributed by atoms with Crippen molar-refractivity contribution in [1.29, 1.82) is 0 Å². The highest BCUT2D eigenvalue weighted by Crippen LogP contribution is 1.99. The molecule has 0 aromatic heterocycles. The minimum absolute atomic E-state index is 0.0450. The Hall–Kier alpha value is -3.38. The molecule has 0 aliphatic heterocycles. The summed E-state index contributed by atoms with van der Waals surface area (Å²) in [7, 11) is 0. The second kappa shape index (κ2) is 19.7. The van der Waals surface area contributed by atoms with Crippen LogP contribution in [0.1, 0.15) is 39.0 Å². The van der Waals surface area contributed by atoms with Crippen molar-refractivity contribution in [2.24, 2.45) is 17.2 Å². The zero-order valence-corrected chi connectivity index (χ0v) is 21.4. The van der Waals surface area contributed by atoms with Crippen LogP contribution in [0.25, 0.3) is 0 Å². The molecule has 0 saturated carbocycles. The fraction of sp³-hybridized carbons (Fsp3) is 0.714. The number of nitrogens with two attached hydrogens (primary N) is 3. The van der Waals surface area contributed by atoms with Crippen molar-refractivity contribution >= 4 is 35.9 Å². The highest BCUT2D eigenvalue weighted by molar-refractivity contribution is 5.94. The van der Waals surface area contributed by atoms with Crippen LogP contribution in [0.15, 0.2) is 0 Å². The van der Waals surface area contributed by atoms with Gasteiger partial charge in [0, 0.05) is 19.0 Å². The number of carbonyl (C=O) groups excluding carboxylic acids is 6. The molecule has 0 aliphatic rings. The SMILES string of the molecule is CC(CCN)NC(=O)CCCNC(=O)C(O)NC(=O)C(CCN)NC(=O)C(CCN)NC(=O)C(O)NC=O. The highest BCUT2D eigenvalue weighted by Gasteiger charge is 2.29. The summed E-state index contributed by atoms with van der Waals surface area (Å²) in [5, 5.41) is 33.0. The third kappa shape index (κ3) is 14.4. The van der Waals surface area contributed by atoms with Crippen LogP contribution in [0.4, 0.5) is 0 Å². The Bertz CT molecular complexity index is 786. The number of amides is 6. The number of hydrogen-bond donors (Lipinski definition) is 11. The Balaban J connectivity index is 4.83. The van der Waals surface area contributed by atoms with E-state index in [-0.39, 0.29) is 63.7 Å². The minimum atomic E-state index is -1.96. The Labute approximate surface area is 220 Å². The van der Waals surface area contributed by atoms with E-state index in [0.29, 0.717) is 13.0 Å². The average Bonchev–Trinajstić information content (AvgIpc) is 2.85. The molecule has 0 bridgehead atoms. The van der Waals surface area contributed by atoms with Crippen LogP contribution in [0.5, 0.6) is 0 Å². The van der Waals surface area contributed by atoms with Crippen LogP contribution in [0.3, 0.4) is 0 Å². The molecule has 0 aromatic rings. The first-order valence-electron chi connectivity index (χ1n) is 12.1. The third-order valence-corrected chi connectivity index (χ3v) is 5.07. The van der Waals surface area contributed by atoms with Gasteiger partial charge in [0.15, 0.2) is 0 Å². The molecule has 0 fully saturated rings. The molecule has 6 amide bonds. The zero-order valence-electron chi connectivity index (χ0n) is 21.4. The van der Waals surface area contributed by atoms with Gasteiger partial charge in [-0.2, -0.15) is 0 Å². The van der Waals surface area contributed by atoms with E-state index >= 15 is 0 Å². The maximum absolute atomic E-state index is 12.6. The van der Waals surface area contributed by atoms with Gasteiger partial charge in [-0.15, -0.1) is 0 Å². The standard InChI is InChI=1S/C21H41N9O8/c1-12(4-7-22)27-15(32)3-2-10-25-18(35)21(38)30-17(34)14(6-9-24)28-16(33)13(5-8-23)29-20(37)19(36)26-11-31/h11-14,19,21,36,38H,2-10,22-24H2,1H3,(H,25,35)(H,26,31)(H,27,32)(H,28,33)(H,29,37)(H,30,34). The predicted molar refractivity (Wildman–Crippen MR) is 134 cm³/mol. The molecule has 0 rings (SSSR count). The lowest BCUT2D eigenvalue weighted by Crippen LogP contribution is -2.58. The molecular formula is C21H41N9O8. The zero-order chi connectivity index (χ0) is 29.1. The molecule has 218 valence electrons. The number of aliphatic hydroxyl groups excluding tert-OH is 2. The van der Waals surface area contributed by atoms with Gasteiger partial charge in [-0.05, 0) is 52.2 Å². The van der Waals surface area contributed by atoms with Gasteiger partial charge in [-0.1, -0.05) is 0 Å². The second-order valence-corrected chi connectivity index (χ2v) is 8.32. The summed E-state index contributed by atoms with van der Waals surface area (Å²) < 4.78 is 0. The van der Waals surface area contributed by atoms with Gasteiger partial charge in [-0.3, -0.25) is 28.8 Å². The van der Waals surface area contributed by atoms with Crippen LogP contribution < -0.4 is 49.1 Å². The second-order valence-electron chi connectivity index (χ2n) is 8.32. The van der Waals surface area contributed by atoms with Crippen molar-refractivity contribution in [1.82, 2.24) is 31.9 Å². The van der Waals surface area contributed by atoms with Crippen LogP contribution in [-0.4, -0.2) is 103 Å². The average molecular weight is 548 g/mol. The van der Waals surface area contributed by atoms with Crippen LogP contribution in [0.2, 0.25) is 0 Å². The monoisotopic (exact) mass is 547 g/mol. The lowest BCUT2D eigenvalue weighted by molar-refractivity contribution is -0.139. The summed E-state index contributed by atoms with van der Waals surface area (Å²) in [6, 6.07) is -2.63. The summed E-state index contributed by atoms with van der Waals surface area (Å²) in [6.07, 6.45) is -2.89. The van der Waals surface area contributed by atoms with E-state index in [1.165, 1.54) is 0 Å². The molecule has 17 heteroatoms. The molecular weight excluding hydrogens is 506 g/mol. The smallest absolute Gasteiger partial charge is 0.270 e. The molecule has 5 unspecified atom stereocenters. The highest BCUT2D eigenvalue weighted by atomic mass is 16.3. The van der Waals surface area contributed by atoms with Crippen molar-refractivity contribution in [3.8, 4) is 0 Å². The molecule has 17 nitrogen and oxygen atoms in total. The molecule has 0 heterocycles. The van der Waals surface area contributed by atoms with E-state index in [9.17, 15) is 39.0 Å². The number of nitrogens with one attached hydrogen (secondary N) is 6. The van der Waals surface area contributed by atoms with Gasteiger partial charge >= 0.3 is 0 Å². The summed E-state index contributed by atoms with van der Waals surface area (Å²) in [6.45, 7) is 2.21. The van der Waals surface area contributed by atoms with Crippen LogP contribution >= 0.6 is 0 Å². The van der Waals surface area contributed by atoms with Gasteiger partial charge in [0.2, 0.25) is 36.6 Å². The lowest BCUT2D eigenvalue weighted by atomic mass is 10.1. The summed E-state index contributed by atoms with van der Waals surface area (Å²) in [4.78, 5) is 71.4. The number of hydrogen-bond acceptors (Lipinski definition) is 11. The number of carbonyl (C=O) groups is 6. The Kier molecular flexibility index (Phi) is 17.9. The largest absolute Gasteiger partial charge is 0.365 e. The Morgan fingerprint density at radius 1 is 0.737 bits per heavy atom. The van der Waals surface area contributed by atoms with Gasteiger partial charge in [0.1, 0.15) is 12.1 Å². The topological polar surface area (TPSA) is 293 Å². The van der Waals surface area contributed by atoms with Crippen molar-refractivity contribution in [2.45, 2.75) is 69.6 Å². The lowest BCUT2D eigenvalue weighted by Gasteiger charge is -2.24. The van der Waals surface area contributed by atoms with E-state index < -0.39 is 48.2 Å². The molecule has 0 aliphatic carbocycles. The predicted octanol–water partition coefficient (Wildman–Crippen LogP) is -6.10. The molecule has 0 spiro atoms. The quantitative estimate of drug-likeness (QED) is 0.0387. The fourth-order valence-electron chi connectivity index (χ4n) is 3.06. The van der Waals surface area contributed by atoms with E-state index in [4.69, 9.17) is 17.2 Å². The summed E-state index contributed by atoms with van der Waals surface area (Å²) >= 11 is 0. The van der Waals surface area contributed by atoms with Gasteiger partial charge in [-0.25, -0.2) is 0 Å². The van der Waals surface area contributed by atoms with Crippen molar-refractivity contribution in [3.05, 3.63) is 0 Å². The van der Waals surface area contributed by atoms with Crippen molar-refractivity contribution in [3.63, 3.8) is 0 Å². The maximum Gasteiger partial charge on any atom is 0.270 e. The maximum atomic E-state index is 12.6. The van der Waals surface area contributed by atoms with Gasteiger partial charge in [0.25, 0.3) is 11.8 Å². The Morgan fingerprint density at radius 3 is 1.79 bits per heavy atom. The molecule has 0 aromatic carbocycles. The first-order valence-corrected chi connectivity index (χ1v) is 12.1.